The molecule has 2 rings (SSSR count). The number of nitrogens with zero attached hydrogens (tertiary/aromatic N) is 1. The fraction of sp³-hybridized carbons (Fsp3) is 0.273. The predicted molar refractivity (Wildman–Crippen MR) is 58.4 cm³/mol. The molecule has 0 bridgehead atoms. The lowest BCUT2D eigenvalue weighted by atomic mass is 10.2. The number of carboxylic acid groups (broad SMARTS) is 1. The van der Waals surface area contributed by atoms with Crippen LogP contribution in [0.1, 0.15) is 29.2 Å². The van der Waals surface area contributed by atoms with Crippen LogP contribution in [0.3, 0.4) is 0 Å². The van der Waals surface area contributed by atoms with Gasteiger partial charge in [-0.15, -0.1) is 0 Å². The highest BCUT2D eigenvalue weighted by Crippen LogP contribution is 2.22. The Kier molecular flexibility index (Phi) is 2.81. The number of fused-ring (bicyclic) bond motifs is 1. The fourth-order valence-electron chi connectivity index (χ4n) is 1.57. The van der Waals surface area contributed by atoms with Crippen molar-refractivity contribution in [1.82, 2.24) is 9.97 Å². The lowest BCUT2D eigenvalue weighted by Gasteiger charge is -2.03. The van der Waals surface area contributed by atoms with Gasteiger partial charge in [0.2, 0.25) is 0 Å². The Bertz CT molecular complexity index is 579. The summed E-state index contributed by atoms with van der Waals surface area (Å²) in [7, 11) is 1.51. The molecule has 5 nitrogen and oxygen atoms in total. The number of rotatable bonds is 3. The minimum Gasteiger partial charge on any atom is -0.478 e. The first-order valence-electron chi connectivity index (χ1n) is 4.98. The fourth-order valence-corrected chi connectivity index (χ4v) is 1.57. The molecule has 2 N–H and O–H groups in total. The summed E-state index contributed by atoms with van der Waals surface area (Å²) in [5, 5.41) is 8.96. The molecule has 0 saturated heterocycles. The largest absolute Gasteiger partial charge is 0.478 e. The van der Waals surface area contributed by atoms with Crippen LogP contribution in [0, 0.1) is 5.82 Å². The summed E-state index contributed by atoms with van der Waals surface area (Å²) in [4.78, 5) is 17.9. The van der Waals surface area contributed by atoms with Gasteiger partial charge in [-0.05, 0) is 19.1 Å². The molecule has 0 aliphatic heterocycles. The summed E-state index contributed by atoms with van der Waals surface area (Å²) in [6, 6.07) is 2.16. The van der Waals surface area contributed by atoms with Crippen LogP contribution in [0.25, 0.3) is 11.0 Å². The van der Waals surface area contributed by atoms with Gasteiger partial charge in [0.15, 0.2) is 0 Å². The van der Waals surface area contributed by atoms with Gasteiger partial charge >= 0.3 is 5.97 Å². The molecule has 0 amide bonds. The summed E-state index contributed by atoms with van der Waals surface area (Å²) < 4.78 is 18.3. The number of aromatic amines is 1. The second kappa shape index (κ2) is 4.14. The molecule has 0 fully saturated rings. The van der Waals surface area contributed by atoms with Gasteiger partial charge in [-0.1, -0.05) is 0 Å². The lowest BCUT2D eigenvalue weighted by molar-refractivity contribution is 0.0698. The molecule has 6 heteroatoms. The normalized spacial score (nSPS) is 12.9. The van der Waals surface area contributed by atoms with E-state index in [1.807, 2.05) is 0 Å². The summed E-state index contributed by atoms with van der Waals surface area (Å²) in [5.74, 6) is -1.36. The van der Waals surface area contributed by atoms with Crippen molar-refractivity contribution in [3.05, 3.63) is 29.3 Å². The van der Waals surface area contributed by atoms with Crippen LogP contribution in [0.2, 0.25) is 0 Å². The second-order valence-corrected chi connectivity index (χ2v) is 3.65. The number of carboxylic acids is 1. The predicted octanol–water partition coefficient (Wildman–Crippen LogP) is 2.11. The Balaban J connectivity index is 2.67. The van der Waals surface area contributed by atoms with Crippen LogP contribution < -0.4 is 0 Å². The molecule has 0 aliphatic rings. The highest BCUT2D eigenvalue weighted by Gasteiger charge is 2.17. The molecule has 1 aromatic carbocycles. The molecule has 0 spiro atoms. The SMILES string of the molecule is COC(C)c1nc2c(C(=O)O)cc(F)cc2[nH]1. The Morgan fingerprint density at radius 2 is 2.29 bits per heavy atom. The van der Waals surface area contributed by atoms with Crippen LogP contribution >= 0.6 is 0 Å². The number of methoxy groups -OCH3 is 1. The number of H-pyrrole nitrogens is 1. The Labute approximate surface area is 96.2 Å². The molecule has 0 saturated carbocycles. The van der Waals surface area contributed by atoms with Crippen molar-refractivity contribution in [3.63, 3.8) is 0 Å². The molecule has 2 aromatic rings. The van der Waals surface area contributed by atoms with Crippen molar-refractivity contribution in [2.45, 2.75) is 13.0 Å². The van der Waals surface area contributed by atoms with Crippen molar-refractivity contribution < 1.29 is 19.0 Å². The average molecular weight is 238 g/mol. The number of hydrogen-bond donors (Lipinski definition) is 2. The third-order valence-corrected chi connectivity index (χ3v) is 2.54. The molecule has 0 radical (unpaired) electrons. The van der Waals surface area contributed by atoms with E-state index >= 15 is 0 Å². The minimum absolute atomic E-state index is 0.161. The zero-order valence-electron chi connectivity index (χ0n) is 9.32. The van der Waals surface area contributed by atoms with Gasteiger partial charge < -0.3 is 14.8 Å². The monoisotopic (exact) mass is 238 g/mol. The average Bonchev–Trinajstić information content (AvgIpc) is 2.69. The molecular formula is C11H11FN2O3. The molecule has 17 heavy (non-hydrogen) atoms. The molecule has 0 aliphatic carbocycles. The molecule has 1 aromatic heterocycles. The van der Waals surface area contributed by atoms with E-state index in [9.17, 15) is 9.18 Å². The van der Waals surface area contributed by atoms with Crippen LogP contribution in [-0.4, -0.2) is 28.2 Å². The maximum absolute atomic E-state index is 13.2. The number of aromatic nitrogens is 2. The topological polar surface area (TPSA) is 75.2 Å². The number of imidazole rings is 1. The zero-order chi connectivity index (χ0) is 12.6. The standard InChI is InChI=1S/C11H11FN2O3/c1-5(17-2)10-13-8-4-6(12)3-7(11(15)16)9(8)14-10/h3-5H,1-2H3,(H,13,14)(H,15,16). The van der Waals surface area contributed by atoms with Gasteiger partial charge in [-0.25, -0.2) is 14.2 Å². The smallest absolute Gasteiger partial charge is 0.338 e. The number of ether oxygens (including phenoxy) is 1. The lowest BCUT2D eigenvalue weighted by Crippen LogP contribution is -1.99. The quantitative estimate of drug-likeness (QED) is 0.858. The Morgan fingerprint density at radius 1 is 1.59 bits per heavy atom. The second-order valence-electron chi connectivity index (χ2n) is 3.65. The molecule has 1 heterocycles. The highest BCUT2D eigenvalue weighted by molar-refractivity contribution is 6.00. The van der Waals surface area contributed by atoms with Crippen molar-refractivity contribution >= 4 is 17.0 Å². The van der Waals surface area contributed by atoms with E-state index in [1.165, 1.54) is 13.2 Å². The van der Waals surface area contributed by atoms with E-state index in [4.69, 9.17) is 9.84 Å². The molecule has 90 valence electrons. The number of benzene rings is 1. The van der Waals surface area contributed by atoms with E-state index in [2.05, 4.69) is 9.97 Å². The maximum atomic E-state index is 13.2. The molecule has 1 atom stereocenters. The van der Waals surface area contributed by atoms with Crippen molar-refractivity contribution in [2.75, 3.05) is 7.11 Å². The summed E-state index contributed by atoms with van der Waals surface area (Å²) in [6.07, 6.45) is -0.313. The highest BCUT2D eigenvalue weighted by atomic mass is 19.1. The van der Waals surface area contributed by atoms with E-state index in [0.717, 1.165) is 6.07 Å². The van der Waals surface area contributed by atoms with Crippen LogP contribution in [0.4, 0.5) is 4.39 Å². The van der Waals surface area contributed by atoms with E-state index in [0.29, 0.717) is 11.3 Å². The van der Waals surface area contributed by atoms with Crippen LogP contribution in [0.15, 0.2) is 12.1 Å². The van der Waals surface area contributed by atoms with E-state index in [1.54, 1.807) is 6.92 Å². The van der Waals surface area contributed by atoms with E-state index < -0.39 is 11.8 Å². The van der Waals surface area contributed by atoms with Crippen molar-refractivity contribution in [3.8, 4) is 0 Å². The summed E-state index contributed by atoms with van der Waals surface area (Å²) in [6.45, 7) is 1.76. The number of nitrogens with one attached hydrogen (secondary N) is 1. The van der Waals surface area contributed by atoms with Gasteiger partial charge in [0.1, 0.15) is 23.3 Å². The molecular weight excluding hydrogens is 227 g/mol. The van der Waals surface area contributed by atoms with Gasteiger partial charge in [-0.2, -0.15) is 0 Å². The Hall–Kier alpha value is -1.95. The van der Waals surface area contributed by atoms with Gasteiger partial charge in [0, 0.05) is 7.11 Å². The maximum Gasteiger partial charge on any atom is 0.338 e. The summed E-state index contributed by atoms with van der Waals surface area (Å²) in [5.41, 5.74) is 0.421. The number of halogens is 1. The van der Waals surface area contributed by atoms with Crippen LogP contribution in [0.5, 0.6) is 0 Å². The molecule has 1 unspecified atom stereocenters. The third-order valence-electron chi connectivity index (χ3n) is 2.54. The number of carbonyl (C=O) groups is 1. The minimum atomic E-state index is -1.21. The van der Waals surface area contributed by atoms with Gasteiger partial charge in [0.05, 0.1) is 11.1 Å². The first-order chi connectivity index (χ1) is 8.02. The third kappa shape index (κ3) is 1.99. The zero-order valence-corrected chi connectivity index (χ0v) is 9.32. The Morgan fingerprint density at radius 3 is 2.88 bits per heavy atom. The first-order valence-corrected chi connectivity index (χ1v) is 4.98. The number of hydrogen-bond acceptors (Lipinski definition) is 3. The first kappa shape index (κ1) is 11.5. The number of aromatic carboxylic acids is 1. The van der Waals surface area contributed by atoms with Gasteiger partial charge in [-0.3, -0.25) is 0 Å². The summed E-state index contributed by atoms with van der Waals surface area (Å²) >= 11 is 0. The van der Waals surface area contributed by atoms with E-state index in [-0.39, 0.29) is 17.2 Å². The van der Waals surface area contributed by atoms with Crippen molar-refractivity contribution in [1.29, 1.82) is 0 Å². The van der Waals surface area contributed by atoms with Crippen molar-refractivity contribution in [2.24, 2.45) is 0 Å². The van der Waals surface area contributed by atoms with Gasteiger partial charge in [0.25, 0.3) is 0 Å². The van der Waals surface area contributed by atoms with Crippen LogP contribution in [-0.2, 0) is 4.74 Å².